The smallest absolute Gasteiger partial charge is 0.351 e. The number of halogens is 3. The summed E-state index contributed by atoms with van der Waals surface area (Å²) in [5, 5.41) is 3.72. The van der Waals surface area contributed by atoms with Gasteiger partial charge in [0.25, 0.3) is 0 Å². The van der Waals surface area contributed by atoms with Crippen LogP contribution in [-0.2, 0) is 6.18 Å². The minimum atomic E-state index is -4.52. The van der Waals surface area contributed by atoms with Crippen molar-refractivity contribution < 1.29 is 13.2 Å². The predicted molar refractivity (Wildman–Crippen MR) is 92.2 cm³/mol. The lowest BCUT2D eigenvalue weighted by Gasteiger charge is -2.37. The molecule has 2 fully saturated rings. The summed E-state index contributed by atoms with van der Waals surface area (Å²) in [6.45, 7) is 0.945. The molecule has 1 spiro atoms. The van der Waals surface area contributed by atoms with Gasteiger partial charge in [0.1, 0.15) is 17.8 Å². The molecule has 1 saturated carbocycles. The average Bonchev–Trinajstić information content (AvgIpc) is 3.28. The van der Waals surface area contributed by atoms with Crippen LogP contribution < -0.4 is 4.90 Å². The molecule has 1 aliphatic carbocycles. The lowest BCUT2D eigenvalue weighted by atomic mass is 10.00. The number of hydrogen-bond donors (Lipinski definition) is 0. The van der Waals surface area contributed by atoms with Gasteiger partial charge in [0.15, 0.2) is 11.3 Å². The number of anilines is 1. The van der Waals surface area contributed by atoms with Crippen molar-refractivity contribution in [3.8, 4) is 11.4 Å². The van der Waals surface area contributed by atoms with E-state index < -0.39 is 11.9 Å². The van der Waals surface area contributed by atoms with E-state index >= 15 is 0 Å². The molecule has 27 heavy (non-hydrogen) atoms. The Balaban J connectivity index is 1.57. The van der Waals surface area contributed by atoms with Crippen LogP contribution in [0.15, 0.2) is 30.7 Å². The van der Waals surface area contributed by atoms with Gasteiger partial charge in [-0.2, -0.15) is 18.3 Å². The molecule has 0 amide bonds. The minimum Gasteiger partial charge on any atom is -0.351 e. The first-order valence-electron chi connectivity index (χ1n) is 8.98. The fraction of sp³-hybridized carbons (Fsp3) is 0.444. The first kappa shape index (κ1) is 16.5. The second-order valence-electron chi connectivity index (χ2n) is 7.22. The van der Waals surface area contributed by atoms with E-state index in [0.717, 1.165) is 24.8 Å². The highest BCUT2D eigenvalue weighted by atomic mass is 19.4. The Morgan fingerprint density at radius 2 is 1.85 bits per heavy atom. The largest absolute Gasteiger partial charge is 0.435 e. The van der Waals surface area contributed by atoms with E-state index in [9.17, 15) is 13.2 Å². The molecule has 6 nitrogen and oxygen atoms in total. The summed E-state index contributed by atoms with van der Waals surface area (Å²) in [7, 11) is 0. The number of imidazole rings is 1. The van der Waals surface area contributed by atoms with Gasteiger partial charge in [-0.25, -0.2) is 19.5 Å². The molecule has 0 bridgehead atoms. The van der Waals surface area contributed by atoms with E-state index in [1.165, 1.54) is 48.8 Å². The van der Waals surface area contributed by atoms with Crippen LogP contribution in [0, 0.1) is 0 Å². The standard InChI is InChI=1S/C18H17F3N6/c19-18(20,21)14-3-4-15-22-10-13(27(15)25-14)12-9-16(24-11-23-12)26-8-2-1-5-17(26)6-7-17/h3-4,9-11H,1-2,5-8H2. The fourth-order valence-electron chi connectivity index (χ4n) is 3.95. The maximum Gasteiger partial charge on any atom is 0.435 e. The van der Waals surface area contributed by atoms with Crippen LogP contribution in [-0.4, -0.2) is 36.6 Å². The van der Waals surface area contributed by atoms with Gasteiger partial charge >= 0.3 is 6.18 Å². The van der Waals surface area contributed by atoms with E-state index in [4.69, 9.17) is 0 Å². The Hall–Kier alpha value is -2.71. The lowest BCUT2D eigenvalue weighted by molar-refractivity contribution is -0.141. The highest BCUT2D eigenvalue weighted by Gasteiger charge is 2.49. The maximum absolute atomic E-state index is 13.0. The Bertz CT molecular complexity index is 1010. The van der Waals surface area contributed by atoms with Crippen LogP contribution in [0.1, 0.15) is 37.8 Å². The number of fused-ring (bicyclic) bond motifs is 1. The molecule has 1 saturated heterocycles. The molecule has 3 aromatic heterocycles. The van der Waals surface area contributed by atoms with E-state index in [-0.39, 0.29) is 5.54 Å². The van der Waals surface area contributed by atoms with Gasteiger partial charge in [0.2, 0.25) is 0 Å². The van der Waals surface area contributed by atoms with Crippen molar-refractivity contribution >= 4 is 11.5 Å². The second-order valence-corrected chi connectivity index (χ2v) is 7.22. The summed E-state index contributed by atoms with van der Waals surface area (Å²) in [5.74, 6) is 0.819. The molecule has 0 atom stereocenters. The number of piperidine rings is 1. The van der Waals surface area contributed by atoms with Gasteiger partial charge in [-0.1, -0.05) is 0 Å². The molecule has 4 heterocycles. The quantitative estimate of drug-likeness (QED) is 0.684. The van der Waals surface area contributed by atoms with Gasteiger partial charge in [-0.05, 0) is 44.2 Å². The molecule has 0 N–H and O–H groups in total. The third-order valence-corrected chi connectivity index (χ3v) is 5.52. The summed E-state index contributed by atoms with van der Waals surface area (Å²) in [5.41, 5.74) is 0.527. The summed E-state index contributed by atoms with van der Waals surface area (Å²) < 4.78 is 40.3. The zero-order chi connectivity index (χ0) is 18.6. The van der Waals surface area contributed by atoms with E-state index in [1.54, 1.807) is 0 Å². The van der Waals surface area contributed by atoms with Crippen LogP contribution in [0.4, 0.5) is 19.0 Å². The first-order valence-corrected chi connectivity index (χ1v) is 8.98. The van der Waals surface area contributed by atoms with Crippen LogP contribution >= 0.6 is 0 Å². The second kappa shape index (κ2) is 5.64. The summed E-state index contributed by atoms with van der Waals surface area (Å²) in [6, 6.07) is 4.07. The van der Waals surface area contributed by atoms with Crippen molar-refractivity contribution in [3.05, 3.63) is 36.4 Å². The molecule has 1 aliphatic heterocycles. The van der Waals surface area contributed by atoms with Gasteiger partial charge in [0, 0.05) is 18.2 Å². The van der Waals surface area contributed by atoms with E-state index in [1.807, 2.05) is 6.07 Å². The Kier molecular flexibility index (Phi) is 3.44. The van der Waals surface area contributed by atoms with Crippen molar-refractivity contribution in [2.45, 2.75) is 43.8 Å². The zero-order valence-electron chi connectivity index (χ0n) is 14.4. The van der Waals surface area contributed by atoms with Crippen molar-refractivity contribution in [1.29, 1.82) is 0 Å². The minimum absolute atomic E-state index is 0.213. The van der Waals surface area contributed by atoms with Crippen molar-refractivity contribution in [3.63, 3.8) is 0 Å². The predicted octanol–water partition coefficient (Wildman–Crippen LogP) is 3.73. The van der Waals surface area contributed by atoms with Crippen LogP contribution in [0.2, 0.25) is 0 Å². The molecule has 0 aromatic carbocycles. The van der Waals surface area contributed by atoms with E-state index in [0.29, 0.717) is 17.0 Å². The average molecular weight is 374 g/mol. The topological polar surface area (TPSA) is 59.2 Å². The number of nitrogens with zero attached hydrogens (tertiary/aromatic N) is 6. The normalized spacial score (nSPS) is 19.0. The molecule has 0 radical (unpaired) electrons. The summed E-state index contributed by atoms with van der Waals surface area (Å²) >= 11 is 0. The number of aromatic nitrogens is 5. The first-order chi connectivity index (χ1) is 13.0. The van der Waals surface area contributed by atoms with Gasteiger partial charge < -0.3 is 4.90 Å². The van der Waals surface area contributed by atoms with Crippen molar-refractivity contribution in [2.75, 3.05) is 11.4 Å². The molecular formula is C18H17F3N6. The van der Waals surface area contributed by atoms with E-state index in [2.05, 4.69) is 25.0 Å². The Morgan fingerprint density at radius 1 is 1.00 bits per heavy atom. The van der Waals surface area contributed by atoms with Gasteiger partial charge in [0.05, 0.1) is 11.9 Å². The van der Waals surface area contributed by atoms with Gasteiger partial charge in [-0.15, -0.1) is 0 Å². The molecule has 140 valence electrons. The molecule has 3 aromatic rings. The highest BCUT2D eigenvalue weighted by Crippen LogP contribution is 2.49. The van der Waals surface area contributed by atoms with Crippen molar-refractivity contribution in [1.82, 2.24) is 24.6 Å². The molecule has 2 aliphatic rings. The summed E-state index contributed by atoms with van der Waals surface area (Å²) in [6.07, 6.45) is 4.28. The van der Waals surface area contributed by atoms with Crippen LogP contribution in [0.3, 0.4) is 0 Å². The molecular weight excluding hydrogens is 357 g/mol. The highest BCUT2D eigenvalue weighted by molar-refractivity contribution is 5.63. The SMILES string of the molecule is FC(F)(F)c1ccc2ncc(-c3cc(N4CCCCC45CC5)ncn3)n2n1. The van der Waals surface area contributed by atoms with Gasteiger partial charge in [-0.3, -0.25) is 0 Å². The number of hydrogen-bond acceptors (Lipinski definition) is 5. The van der Waals surface area contributed by atoms with Crippen LogP contribution in [0.5, 0.6) is 0 Å². The summed E-state index contributed by atoms with van der Waals surface area (Å²) in [4.78, 5) is 15.2. The molecule has 5 rings (SSSR count). The Morgan fingerprint density at radius 3 is 2.63 bits per heavy atom. The Labute approximate surface area is 153 Å². The molecule has 9 heteroatoms. The zero-order valence-corrected chi connectivity index (χ0v) is 14.4. The van der Waals surface area contributed by atoms with Crippen molar-refractivity contribution in [2.24, 2.45) is 0 Å². The number of alkyl halides is 3. The monoisotopic (exact) mass is 374 g/mol. The maximum atomic E-state index is 13.0. The molecule has 0 unspecified atom stereocenters. The number of rotatable bonds is 2. The third-order valence-electron chi connectivity index (χ3n) is 5.52. The fourth-order valence-corrected chi connectivity index (χ4v) is 3.95. The third kappa shape index (κ3) is 2.72. The lowest BCUT2D eigenvalue weighted by Crippen LogP contribution is -2.42. The van der Waals surface area contributed by atoms with Crippen LogP contribution in [0.25, 0.3) is 17.0 Å².